The lowest BCUT2D eigenvalue weighted by molar-refractivity contribution is -0.105. The highest BCUT2D eigenvalue weighted by molar-refractivity contribution is 6.40. The van der Waals surface area contributed by atoms with Gasteiger partial charge in [-0.15, -0.1) is 0 Å². The smallest absolute Gasteiger partial charge is 0.211 e. The first-order valence-corrected chi connectivity index (χ1v) is 15.7. The Bertz CT molecular complexity index is 1710. The quantitative estimate of drug-likeness (QED) is 0.217. The Morgan fingerprint density at radius 2 is 1.72 bits per heavy atom. The molecule has 3 aliphatic heterocycles. The predicted molar refractivity (Wildman–Crippen MR) is 186 cm³/mol. The average molecular weight is 681 g/mol. The summed E-state index contributed by atoms with van der Waals surface area (Å²) in [6.07, 6.45) is 7.68. The second-order valence-corrected chi connectivity index (χ2v) is 11.8. The molecule has 3 aliphatic rings. The molecule has 2 fully saturated rings. The molecule has 0 aliphatic carbocycles. The lowest BCUT2D eigenvalue weighted by Crippen LogP contribution is -2.56. The fourth-order valence-corrected chi connectivity index (χ4v) is 6.76. The molecular formula is C33H35Cl2N7O5. The number of halogens is 2. The van der Waals surface area contributed by atoms with E-state index in [4.69, 9.17) is 52.1 Å². The van der Waals surface area contributed by atoms with Gasteiger partial charge in [0.2, 0.25) is 6.41 Å². The number of piperazine rings is 1. The highest BCUT2D eigenvalue weighted by Crippen LogP contribution is 2.46. The number of methoxy groups -OCH3 is 3. The summed E-state index contributed by atoms with van der Waals surface area (Å²) in [6, 6.07) is 5.92. The van der Waals surface area contributed by atoms with Gasteiger partial charge in [-0.1, -0.05) is 23.2 Å². The molecule has 0 radical (unpaired) electrons. The van der Waals surface area contributed by atoms with Gasteiger partial charge >= 0.3 is 0 Å². The first-order valence-electron chi connectivity index (χ1n) is 15.0. The van der Waals surface area contributed by atoms with E-state index in [1.165, 1.54) is 14.2 Å². The molecule has 12 nitrogen and oxygen atoms in total. The van der Waals surface area contributed by atoms with Crippen molar-refractivity contribution in [2.24, 2.45) is 4.99 Å². The van der Waals surface area contributed by atoms with Crippen molar-refractivity contribution in [3.8, 4) is 28.6 Å². The van der Waals surface area contributed by atoms with E-state index in [1.54, 1.807) is 31.8 Å². The van der Waals surface area contributed by atoms with Crippen molar-refractivity contribution < 1.29 is 23.7 Å². The Morgan fingerprint density at radius 1 is 1.02 bits per heavy atom. The normalized spacial score (nSPS) is 16.7. The maximum absolute atomic E-state index is 11.7. The molecule has 47 heavy (non-hydrogen) atoms. The van der Waals surface area contributed by atoms with E-state index in [-0.39, 0.29) is 0 Å². The topological polar surface area (TPSA) is 114 Å². The molecule has 0 spiro atoms. The van der Waals surface area contributed by atoms with Crippen molar-refractivity contribution in [3.63, 3.8) is 0 Å². The highest BCUT2D eigenvalue weighted by Gasteiger charge is 2.31. The molecule has 246 valence electrons. The van der Waals surface area contributed by atoms with E-state index in [0.29, 0.717) is 80.3 Å². The van der Waals surface area contributed by atoms with Crippen LogP contribution in [0.25, 0.3) is 23.0 Å². The third-order valence-electron chi connectivity index (χ3n) is 8.55. The van der Waals surface area contributed by atoms with Gasteiger partial charge in [-0.2, -0.15) is 0 Å². The van der Waals surface area contributed by atoms with Crippen LogP contribution in [0.5, 0.6) is 17.2 Å². The van der Waals surface area contributed by atoms with E-state index < -0.39 is 0 Å². The monoisotopic (exact) mass is 679 g/mol. The molecule has 1 amide bonds. The van der Waals surface area contributed by atoms with Crippen molar-refractivity contribution in [2.75, 3.05) is 82.4 Å². The van der Waals surface area contributed by atoms with Crippen molar-refractivity contribution in [1.29, 1.82) is 0 Å². The van der Waals surface area contributed by atoms with Gasteiger partial charge < -0.3 is 34.1 Å². The van der Waals surface area contributed by atoms with Crippen molar-refractivity contribution in [2.45, 2.75) is 6.04 Å². The van der Waals surface area contributed by atoms with Crippen LogP contribution in [0.4, 0.5) is 17.2 Å². The third kappa shape index (κ3) is 6.33. The van der Waals surface area contributed by atoms with Crippen LogP contribution in [0.15, 0.2) is 41.8 Å². The van der Waals surface area contributed by atoms with E-state index in [2.05, 4.69) is 26.8 Å². The fraction of sp³-hybridized carbons (Fsp3) is 0.333. The summed E-state index contributed by atoms with van der Waals surface area (Å²) in [4.78, 5) is 31.9. The summed E-state index contributed by atoms with van der Waals surface area (Å²) in [6.45, 7) is 8.93. The second-order valence-electron chi connectivity index (χ2n) is 11.1. The van der Waals surface area contributed by atoms with Gasteiger partial charge in [-0.25, -0.2) is 9.97 Å². The number of amides is 1. The average Bonchev–Trinajstić information content (AvgIpc) is 3.07. The zero-order valence-electron chi connectivity index (χ0n) is 26.3. The van der Waals surface area contributed by atoms with Gasteiger partial charge in [0.05, 0.1) is 67.6 Å². The van der Waals surface area contributed by atoms with Gasteiger partial charge in [0.1, 0.15) is 23.1 Å². The lowest BCUT2D eigenvalue weighted by Gasteiger charge is -2.43. The number of ether oxygens (including phenoxy) is 4. The molecule has 3 aromatic rings. The van der Waals surface area contributed by atoms with E-state index in [0.717, 1.165) is 50.7 Å². The first kappa shape index (κ1) is 32.6. The molecule has 0 atom stereocenters. The first-order chi connectivity index (χ1) is 22.9. The van der Waals surface area contributed by atoms with Crippen LogP contribution in [0.1, 0.15) is 11.1 Å². The summed E-state index contributed by atoms with van der Waals surface area (Å²) in [7, 11) is 4.68. The summed E-state index contributed by atoms with van der Waals surface area (Å²) in [5.74, 6) is 2.47. The third-order valence-corrected chi connectivity index (χ3v) is 9.30. The van der Waals surface area contributed by atoms with E-state index in [9.17, 15) is 4.79 Å². The Hall–Kier alpha value is -4.36. The van der Waals surface area contributed by atoms with Crippen molar-refractivity contribution in [3.05, 3.63) is 58.0 Å². The number of nitrogens with one attached hydrogen (secondary N) is 1. The number of nitrogens with zero attached hydrogens (tertiary/aromatic N) is 6. The maximum atomic E-state index is 11.7. The minimum absolute atomic E-state index is 0.345. The molecular weight excluding hydrogens is 645 g/mol. The molecule has 14 heteroatoms. The standard InChI is InChI=1S/C33H35Cl2N7O5/c1-36-5-6-42-16-21(29-30(34)27(45-3)14-28(46-4)31(29)35)11-20-15-37-32(39-33(20)42)23-12-24(38-19-43)25(13-26(23)44-2)41-9-7-40(8-10-41)22-17-47-18-22/h5-6,11-15,19,22H,1,7-10,16-18H2,2-4H3,(H,38,43)/b6-5-. The van der Waals surface area contributed by atoms with Gasteiger partial charge in [-0.3, -0.25) is 14.7 Å². The van der Waals surface area contributed by atoms with Crippen molar-refractivity contribution in [1.82, 2.24) is 14.9 Å². The molecule has 1 N–H and O–H groups in total. The molecule has 2 saturated heterocycles. The maximum Gasteiger partial charge on any atom is 0.211 e. The highest BCUT2D eigenvalue weighted by atomic mass is 35.5. The van der Waals surface area contributed by atoms with Gasteiger partial charge in [0, 0.05) is 74.6 Å². The van der Waals surface area contributed by atoms with Crippen LogP contribution < -0.4 is 29.3 Å². The molecule has 0 saturated carbocycles. The summed E-state index contributed by atoms with van der Waals surface area (Å²) < 4.78 is 22.2. The second kappa shape index (κ2) is 14.2. The Labute approximate surface area is 283 Å². The van der Waals surface area contributed by atoms with Crippen LogP contribution in [-0.4, -0.2) is 101 Å². The molecule has 2 aromatic carbocycles. The number of rotatable bonds is 11. The van der Waals surface area contributed by atoms with Crippen LogP contribution in [0.3, 0.4) is 0 Å². The van der Waals surface area contributed by atoms with Gasteiger partial charge in [0.15, 0.2) is 5.82 Å². The van der Waals surface area contributed by atoms with E-state index in [1.807, 2.05) is 23.1 Å². The molecule has 4 heterocycles. The number of anilines is 3. The number of hydrogen-bond donors (Lipinski definition) is 1. The Kier molecular flexibility index (Phi) is 9.83. The number of carbonyl (C=O) groups excluding carboxylic acids is 1. The van der Waals surface area contributed by atoms with Crippen LogP contribution >= 0.6 is 23.2 Å². The molecule has 6 rings (SSSR count). The summed E-state index contributed by atoms with van der Waals surface area (Å²) >= 11 is 13.6. The molecule has 1 aromatic heterocycles. The number of fused-ring (bicyclic) bond motifs is 1. The molecule has 0 unspecified atom stereocenters. The van der Waals surface area contributed by atoms with Gasteiger partial charge in [0.25, 0.3) is 0 Å². The van der Waals surface area contributed by atoms with Crippen LogP contribution in [-0.2, 0) is 9.53 Å². The van der Waals surface area contributed by atoms with Gasteiger partial charge in [-0.05, 0) is 24.4 Å². The van der Waals surface area contributed by atoms with E-state index >= 15 is 0 Å². The number of carbonyl (C=O) groups is 1. The number of aliphatic imine (C=N–C) groups is 1. The predicted octanol–water partition coefficient (Wildman–Crippen LogP) is 5.10. The molecule has 0 bridgehead atoms. The zero-order chi connectivity index (χ0) is 33.1. The number of benzene rings is 2. The minimum Gasteiger partial charge on any atom is -0.496 e. The fourth-order valence-electron chi connectivity index (χ4n) is 6.02. The minimum atomic E-state index is 0.345. The largest absolute Gasteiger partial charge is 0.496 e. The van der Waals surface area contributed by atoms with Crippen molar-refractivity contribution >= 4 is 65.2 Å². The summed E-state index contributed by atoms with van der Waals surface area (Å²) in [5.41, 5.74) is 4.22. The number of hydrogen-bond acceptors (Lipinski definition) is 11. The zero-order valence-corrected chi connectivity index (χ0v) is 27.8. The Morgan fingerprint density at radius 3 is 2.32 bits per heavy atom. The van der Waals surface area contributed by atoms with Crippen LogP contribution in [0, 0.1) is 0 Å². The lowest BCUT2D eigenvalue weighted by atomic mass is 9.98. The number of aromatic nitrogens is 2. The Balaban J connectivity index is 1.39. The summed E-state index contributed by atoms with van der Waals surface area (Å²) in [5, 5.41) is 3.59. The van der Waals surface area contributed by atoms with Crippen LogP contribution in [0.2, 0.25) is 10.0 Å². The SMILES string of the molecule is C=N/C=C\N1CC(c2c(Cl)c(OC)cc(OC)c2Cl)=Cc2cnc(-c3cc(NC=O)c(N4CCN(C5COC5)CC4)cc3OC)nc21.